The predicted octanol–water partition coefficient (Wildman–Crippen LogP) is 1.06. The summed E-state index contributed by atoms with van der Waals surface area (Å²) in [5.41, 5.74) is 0.601. The first-order valence-corrected chi connectivity index (χ1v) is 10.1. The Labute approximate surface area is 145 Å². The van der Waals surface area contributed by atoms with Crippen molar-refractivity contribution >= 4 is 31.7 Å². The lowest BCUT2D eigenvalue weighted by atomic mass is 10.2. The van der Waals surface area contributed by atoms with Crippen molar-refractivity contribution in [1.82, 2.24) is 0 Å². The molecule has 2 aromatic carbocycles. The van der Waals surface area contributed by atoms with Crippen LogP contribution >= 0.6 is 0 Å². The second kappa shape index (κ2) is 7.21. The molecule has 134 valence electrons. The van der Waals surface area contributed by atoms with Gasteiger partial charge in [0.1, 0.15) is 0 Å². The van der Waals surface area contributed by atoms with Gasteiger partial charge < -0.3 is 4.74 Å². The summed E-state index contributed by atoms with van der Waals surface area (Å²) in [5, 5.41) is 4.98. The van der Waals surface area contributed by atoms with Crippen molar-refractivity contribution in [2.45, 2.75) is 10.6 Å². The largest absolute Gasteiger partial charge is 0.465 e. The van der Waals surface area contributed by atoms with Crippen LogP contribution in [0.15, 0.2) is 53.4 Å². The molecule has 0 radical (unpaired) electrons. The number of carbonyl (C=O) groups excluding carboxylic acids is 1. The molecule has 0 aliphatic rings. The molecule has 0 saturated heterocycles. The van der Waals surface area contributed by atoms with Crippen LogP contribution in [0.1, 0.15) is 15.9 Å². The van der Waals surface area contributed by atoms with E-state index < -0.39 is 31.8 Å². The normalized spacial score (nSPS) is 11.8. The van der Waals surface area contributed by atoms with Gasteiger partial charge in [-0.15, -0.1) is 0 Å². The molecule has 0 aliphatic carbocycles. The molecular weight excluding hydrogens is 368 g/mol. The van der Waals surface area contributed by atoms with Crippen molar-refractivity contribution in [1.29, 1.82) is 0 Å². The fraction of sp³-hybridized carbons (Fsp3) is 0.133. The molecule has 0 heterocycles. The number of methoxy groups -OCH3 is 1. The number of nitrogens with one attached hydrogen (secondary N) is 1. The average Bonchev–Trinajstić information content (AvgIpc) is 2.52. The molecule has 0 amide bonds. The third-order valence-electron chi connectivity index (χ3n) is 3.11. The van der Waals surface area contributed by atoms with E-state index in [0.29, 0.717) is 5.56 Å². The highest BCUT2D eigenvalue weighted by Crippen LogP contribution is 2.19. The molecule has 10 heteroatoms. The van der Waals surface area contributed by atoms with Crippen molar-refractivity contribution in [2.24, 2.45) is 5.14 Å². The number of anilines is 1. The third kappa shape index (κ3) is 5.28. The van der Waals surface area contributed by atoms with Crippen LogP contribution in [-0.2, 0) is 30.5 Å². The maximum Gasteiger partial charge on any atom is 0.337 e. The first-order valence-electron chi connectivity index (χ1n) is 6.91. The maximum atomic E-state index is 12.5. The molecule has 3 N–H and O–H groups in total. The number of ether oxygens (including phenoxy) is 1. The number of hydrogen-bond donors (Lipinski definition) is 2. The topological polar surface area (TPSA) is 133 Å². The highest BCUT2D eigenvalue weighted by atomic mass is 32.2. The molecule has 25 heavy (non-hydrogen) atoms. The molecule has 0 bridgehead atoms. The standard InChI is InChI=1S/C15H16N2O6S2/c1-23-15(18)12-5-3-7-14(9-12)25(21,22)17-13-6-2-4-11(8-13)10-24(16,19)20/h2-9,17H,10H2,1H3,(H2,16,19,20). The van der Waals surface area contributed by atoms with Crippen LogP contribution in [0.5, 0.6) is 0 Å². The van der Waals surface area contributed by atoms with E-state index in [1.807, 2.05) is 0 Å². The van der Waals surface area contributed by atoms with Crippen LogP contribution in [0.4, 0.5) is 5.69 Å². The summed E-state index contributed by atoms with van der Waals surface area (Å²) in [6.07, 6.45) is 0. The molecule has 0 unspecified atom stereocenters. The van der Waals surface area contributed by atoms with Gasteiger partial charge in [-0.05, 0) is 35.9 Å². The van der Waals surface area contributed by atoms with E-state index in [-0.39, 0.29) is 16.1 Å². The summed E-state index contributed by atoms with van der Waals surface area (Å²) in [6.45, 7) is 0. The quantitative estimate of drug-likeness (QED) is 0.716. The van der Waals surface area contributed by atoms with E-state index in [1.165, 1.54) is 55.6 Å². The minimum Gasteiger partial charge on any atom is -0.465 e. The van der Waals surface area contributed by atoms with E-state index >= 15 is 0 Å². The lowest BCUT2D eigenvalue weighted by Crippen LogP contribution is -2.16. The molecule has 0 saturated carbocycles. The second-order valence-electron chi connectivity index (χ2n) is 5.13. The fourth-order valence-corrected chi connectivity index (χ4v) is 3.82. The Morgan fingerprint density at radius 2 is 1.76 bits per heavy atom. The number of hydrogen-bond acceptors (Lipinski definition) is 6. The minimum atomic E-state index is -3.98. The van der Waals surface area contributed by atoms with Crippen molar-refractivity contribution in [3.63, 3.8) is 0 Å². The van der Waals surface area contributed by atoms with Crippen LogP contribution in [0.25, 0.3) is 0 Å². The maximum absolute atomic E-state index is 12.5. The Morgan fingerprint density at radius 1 is 1.08 bits per heavy atom. The molecule has 2 aromatic rings. The van der Waals surface area contributed by atoms with Gasteiger partial charge >= 0.3 is 5.97 Å². The van der Waals surface area contributed by atoms with Crippen LogP contribution in [0.3, 0.4) is 0 Å². The molecule has 0 fully saturated rings. The summed E-state index contributed by atoms with van der Waals surface area (Å²) < 4.78 is 54.1. The minimum absolute atomic E-state index is 0.0911. The lowest BCUT2D eigenvalue weighted by Gasteiger charge is -2.10. The van der Waals surface area contributed by atoms with Gasteiger partial charge in [0, 0.05) is 5.69 Å². The van der Waals surface area contributed by atoms with E-state index in [0.717, 1.165) is 0 Å². The zero-order valence-electron chi connectivity index (χ0n) is 13.2. The Hall–Kier alpha value is -2.43. The molecule has 0 aliphatic heterocycles. The van der Waals surface area contributed by atoms with E-state index in [4.69, 9.17) is 5.14 Å². The summed E-state index contributed by atoms with van der Waals surface area (Å²) in [4.78, 5) is 11.4. The molecule has 2 rings (SSSR count). The van der Waals surface area contributed by atoms with Crippen LogP contribution in [0.2, 0.25) is 0 Å². The van der Waals surface area contributed by atoms with E-state index in [9.17, 15) is 21.6 Å². The van der Waals surface area contributed by atoms with Crippen LogP contribution in [-0.4, -0.2) is 29.9 Å². The Kier molecular flexibility index (Phi) is 5.45. The molecule has 0 atom stereocenters. The highest BCUT2D eigenvalue weighted by Gasteiger charge is 2.17. The smallest absolute Gasteiger partial charge is 0.337 e. The zero-order chi connectivity index (χ0) is 18.7. The van der Waals surface area contributed by atoms with Gasteiger partial charge in [-0.1, -0.05) is 18.2 Å². The van der Waals surface area contributed by atoms with Crippen molar-refractivity contribution in [2.75, 3.05) is 11.8 Å². The van der Waals surface area contributed by atoms with Crippen LogP contribution < -0.4 is 9.86 Å². The van der Waals surface area contributed by atoms with Gasteiger partial charge in [0.15, 0.2) is 0 Å². The number of sulfonamides is 2. The molecule has 0 spiro atoms. The first kappa shape index (κ1) is 18.9. The van der Waals surface area contributed by atoms with Gasteiger partial charge in [0.05, 0.1) is 23.3 Å². The van der Waals surface area contributed by atoms with Crippen molar-refractivity contribution in [3.8, 4) is 0 Å². The fourth-order valence-electron chi connectivity index (χ4n) is 2.08. The summed E-state index contributed by atoms with van der Waals surface area (Å²) >= 11 is 0. The van der Waals surface area contributed by atoms with Crippen molar-refractivity contribution < 1.29 is 26.4 Å². The Balaban J connectivity index is 2.30. The zero-order valence-corrected chi connectivity index (χ0v) is 14.8. The monoisotopic (exact) mass is 384 g/mol. The summed E-state index contributed by atoms with van der Waals surface area (Å²) in [6, 6.07) is 11.2. The number of benzene rings is 2. The second-order valence-corrected chi connectivity index (χ2v) is 8.43. The average molecular weight is 384 g/mol. The van der Waals surface area contributed by atoms with Crippen molar-refractivity contribution in [3.05, 3.63) is 59.7 Å². The number of esters is 1. The Bertz CT molecular complexity index is 1000. The lowest BCUT2D eigenvalue weighted by molar-refractivity contribution is 0.0600. The molecular formula is C15H16N2O6S2. The van der Waals surface area contributed by atoms with E-state index in [1.54, 1.807) is 0 Å². The third-order valence-corrected chi connectivity index (χ3v) is 5.23. The Morgan fingerprint density at radius 3 is 2.40 bits per heavy atom. The number of primary sulfonamides is 1. The molecule has 0 aromatic heterocycles. The van der Waals surface area contributed by atoms with Gasteiger partial charge in [0.2, 0.25) is 10.0 Å². The molecule has 8 nitrogen and oxygen atoms in total. The van der Waals surface area contributed by atoms with Gasteiger partial charge in [0.25, 0.3) is 10.0 Å². The van der Waals surface area contributed by atoms with Gasteiger partial charge in [-0.2, -0.15) is 0 Å². The number of carbonyl (C=O) groups is 1. The SMILES string of the molecule is COC(=O)c1cccc(S(=O)(=O)Nc2cccc(CS(N)(=O)=O)c2)c1. The van der Waals surface area contributed by atoms with Gasteiger partial charge in [-0.25, -0.2) is 26.8 Å². The summed E-state index contributed by atoms with van der Waals surface area (Å²) in [5.74, 6) is -1.08. The predicted molar refractivity (Wildman–Crippen MR) is 91.8 cm³/mol. The van der Waals surface area contributed by atoms with Crippen LogP contribution in [0, 0.1) is 0 Å². The number of rotatable bonds is 6. The van der Waals surface area contributed by atoms with Gasteiger partial charge in [-0.3, -0.25) is 4.72 Å². The first-order chi connectivity index (χ1) is 11.6. The number of nitrogens with two attached hydrogens (primary N) is 1. The summed E-state index contributed by atoms with van der Waals surface area (Å²) in [7, 11) is -6.52. The highest BCUT2D eigenvalue weighted by molar-refractivity contribution is 7.92. The van der Waals surface area contributed by atoms with E-state index in [2.05, 4.69) is 9.46 Å².